The van der Waals surface area contributed by atoms with Crippen molar-refractivity contribution in [2.75, 3.05) is 0 Å². The van der Waals surface area contributed by atoms with Crippen LogP contribution in [-0.2, 0) is 17.3 Å². The first-order chi connectivity index (χ1) is 6.35. The molecule has 0 aromatic carbocycles. The van der Waals surface area contributed by atoms with E-state index in [1.54, 1.807) is 14.4 Å². The Hall–Kier alpha value is 0.688. The first-order valence-electron chi connectivity index (χ1n) is 5.99. The van der Waals surface area contributed by atoms with Crippen molar-refractivity contribution < 1.29 is 17.3 Å². The van der Waals surface area contributed by atoms with Gasteiger partial charge in [0.1, 0.15) is 0 Å². The summed E-state index contributed by atoms with van der Waals surface area (Å²) in [5, 5.41) is 0. The summed E-state index contributed by atoms with van der Waals surface area (Å²) in [6, 6.07) is 0. The summed E-state index contributed by atoms with van der Waals surface area (Å²) in [7, 11) is 0. The summed E-state index contributed by atoms with van der Waals surface area (Å²) < 4.78 is 0. The van der Waals surface area contributed by atoms with Crippen molar-refractivity contribution in [2.24, 2.45) is 0 Å². The fourth-order valence-corrected chi connectivity index (χ4v) is 11.1. The predicted molar refractivity (Wildman–Crippen MR) is 59.1 cm³/mol. The summed E-state index contributed by atoms with van der Waals surface area (Å²) in [4.78, 5) is 5.03. The Morgan fingerprint density at radius 3 is 1.15 bits per heavy atom. The molecule has 0 unspecified atom stereocenters. The Morgan fingerprint density at radius 1 is 0.615 bits per heavy atom. The van der Waals surface area contributed by atoms with Gasteiger partial charge in [-0.05, 0) is 0 Å². The van der Waals surface area contributed by atoms with Crippen LogP contribution in [0.1, 0.15) is 59.3 Å². The molecule has 0 bridgehead atoms. The molecule has 0 N–H and O–H groups in total. The molecule has 0 aromatic rings. The van der Waals surface area contributed by atoms with Crippen LogP contribution in [0.5, 0.6) is 0 Å². The standard InChI is InChI=1S/3C4H9.W/c3*1-3-4-2;/h3*1,3-4H2,2H3;. The molecule has 0 aliphatic carbocycles. The number of rotatable bonds is 9. The molecule has 0 radical (unpaired) electrons. The Labute approximate surface area is 91.1 Å². The summed E-state index contributed by atoms with van der Waals surface area (Å²) in [6.07, 6.45) is 8.84. The molecule has 0 saturated carbocycles. The number of hydrogen-bond acceptors (Lipinski definition) is 0. The first-order valence-corrected chi connectivity index (χ1v) is 12.2. The second-order valence-corrected chi connectivity index (χ2v) is 12.6. The SMILES string of the molecule is CCC[CH2][W]([CH2]CCC)[CH2]CCC. The summed E-state index contributed by atoms with van der Waals surface area (Å²) >= 11 is -0.818. The summed E-state index contributed by atoms with van der Waals surface area (Å²) in [5.74, 6) is 0. The average Bonchev–Trinajstić information content (AvgIpc) is 2.17. The van der Waals surface area contributed by atoms with Crippen LogP contribution in [0.25, 0.3) is 0 Å². The van der Waals surface area contributed by atoms with Crippen LogP contribution in [0.3, 0.4) is 0 Å². The fourth-order valence-electron chi connectivity index (χ4n) is 1.35. The van der Waals surface area contributed by atoms with Crippen molar-refractivity contribution in [1.29, 1.82) is 0 Å². The van der Waals surface area contributed by atoms with Crippen LogP contribution in [0.15, 0.2) is 0 Å². The van der Waals surface area contributed by atoms with Crippen LogP contribution in [-0.4, -0.2) is 0 Å². The minimum absolute atomic E-state index is 0.818. The van der Waals surface area contributed by atoms with Gasteiger partial charge in [0, 0.05) is 0 Å². The van der Waals surface area contributed by atoms with E-state index in [-0.39, 0.29) is 0 Å². The maximum absolute atomic E-state index is 2.33. The van der Waals surface area contributed by atoms with E-state index in [9.17, 15) is 0 Å². The summed E-state index contributed by atoms with van der Waals surface area (Å²) in [5.41, 5.74) is 0. The van der Waals surface area contributed by atoms with Crippen molar-refractivity contribution in [3.63, 3.8) is 0 Å². The van der Waals surface area contributed by atoms with Crippen molar-refractivity contribution in [3.8, 4) is 0 Å². The molecule has 1 heteroatoms. The monoisotopic (exact) mass is 355 g/mol. The van der Waals surface area contributed by atoms with Gasteiger partial charge in [-0.25, -0.2) is 0 Å². The third kappa shape index (κ3) is 9.00. The van der Waals surface area contributed by atoms with Gasteiger partial charge in [0.2, 0.25) is 0 Å². The van der Waals surface area contributed by atoms with Crippen LogP contribution in [0, 0.1) is 0 Å². The molecule has 0 aliphatic rings. The van der Waals surface area contributed by atoms with Gasteiger partial charge in [-0.1, -0.05) is 0 Å². The van der Waals surface area contributed by atoms with E-state index < -0.39 is 17.3 Å². The van der Waals surface area contributed by atoms with Gasteiger partial charge in [0.15, 0.2) is 0 Å². The first kappa shape index (κ1) is 13.7. The fraction of sp³-hybridized carbons (Fsp3) is 1.00. The Kier molecular flexibility index (Phi) is 11.3. The molecular formula is C12H27W. The van der Waals surface area contributed by atoms with E-state index in [0.717, 1.165) is 0 Å². The Morgan fingerprint density at radius 2 is 0.923 bits per heavy atom. The Bertz CT molecular complexity index is 72.1. The van der Waals surface area contributed by atoms with E-state index in [1.165, 1.54) is 38.5 Å². The molecule has 0 fully saturated rings. The molecule has 0 saturated heterocycles. The quantitative estimate of drug-likeness (QED) is 0.529. The minimum atomic E-state index is -0.818. The van der Waals surface area contributed by atoms with E-state index in [1.807, 2.05) is 0 Å². The van der Waals surface area contributed by atoms with Crippen LogP contribution < -0.4 is 0 Å². The molecule has 0 spiro atoms. The second-order valence-electron chi connectivity index (χ2n) is 3.79. The van der Waals surface area contributed by atoms with Crippen LogP contribution in [0.2, 0.25) is 14.4 Å². The van der Waals surface area contributed by atoms with Gasteiger partial charge in [-0.3, -0.25) is 0 Å². The molecule has 0 amide bonds. The van der Waals surface area contributed by atoms with Gasteiger partial charge in [0.25, 0.3) is 0 Å². The molecule has 0 nitrogen and oxygen atoms in total. The molecule has 13 heavy (non-hydrogen) atoms. The van der Waals surface area contributed by atoms with Crippen molar-refractivity contribution in [1.82, 2.24) is 0 Å². The zero-order valence-corrected chi connectivity index (χ0v) is 12.7. The summed E-state index contributed by atoms with van der Waals surface area (Å²) in [6.45, 7) is 7.00. The van der Waals surface area contributed by atoms with Gasteiger partial charge in [-0.15, -0.1) is 0 Å². The van der Waals surface area contributed by atoms with E-state index >= 15 is 0 Å². The molecular weight excluding hydrogens is 328 g/mol. The molecule has 0 aliphatic heterocycles. The van der Waals surface area contributed by atoms with E-state index in [2.05, 4.69) is 20.8 Å². The maximum atomic E-state index is 2.33. The number of hydrogen-bond donors (Lipinski definition) is 0. The predicted octanol–water partition coefficient (Wildman–Crippen LogP) is 5.26. The topological polar surface area (TPSA) is 0 Å². The molecule has 81 valence electrons. The molecule has 0 rings (SSSR count). The van der Waals surface area contributed by atoms with Gasteiger partial charge in [-0.2, -0.15) is 0 Å². The molecule has 0 aromatic heterocycles. The Balaban J connectivity index is 3.47. The average molecular weight is 355 g/mol. The zero-order valence-electron chi connectivity index (χ0n) is 9.77. The second kappa shape index (κ2) is 10.8. The van der Waals surface area contributed by atoms with Crippen molar-refractivity contribution in [3.05, 3.63) is 0 Å². The van der Waals surface area contributed by atoms with E-state index in [4.69, 9.17) is 0 Å². The van der Waals surface area contributed by atoms with Crippen molar-refractivity contribution >= 4 is 0 Å². The zero-order chi connectivity index (χ0) is 9.94. The third-order valence-corrected chi connectivity index (χ3v) is 11.7. The third-order valence-electron chi connectivity index (χ3n) is 2.36. The van der Waals surface area contributed by atoms with Crippen molar-refractivity contribution in [2.45, 2.75) is 73.7 Å². The van der Waals surface area contributed by atoms with Gasteiger partial charge < -0.3 is 0 Å². The molecule has 0 heterocycles. The van der Waals surface area contributed by atoms with Crippen LogP contribution in [0.4, 0.5) is 0 Å². The molecule has 0 atom stereocenters. The van der Waals surface area contributed by atoms with Crippen LogP contribution >= 0.6 is 0 Å². The normalized spacial score (nSPS) is 11.1. The van der Waals surface area contributed by atoms with Gasteiger partial charge in [0.05, 0.1) is 0 Å². The van der Waals surface area contributed by atoms with E-state index in [0.29, 0.717) is 0 Å². The number of unbranched alkanes of at least 4 members (excludes halogenated alkanes) is 3. The van der Waals surface area contributed by atoms with Gasteiger partial charge >= 0.3 is 91.0 Å².